The zero-order chi connectivity index (χ0) is 15.3. The molecular weight excluding hydrogens is 272 g/mol. The molecule has 3 heteroatoms. The fraction of sp³-hybridized carbons (Fsp3) is 0.167. The molecular formula is C18H22N2Si. The molecule has 2 rings (SSSR count). The predicted molar refractivity (Wildman–Crippen MR) is 94.9 cm³/mol. The Morgan fingerprint density at radius 1 is 0.857 bits per heavy atom. The van der Waals surface area contributed by atoms with Crippen LogP contribution >= 0.6 is 0 Å². The summed E-state index contributed by atoms with van der Waals surface area (Å²) >= 11 is 0. The van der Waals surface area contributed by atoms with Crippen LogP contribution in [0.1, 0.15) is 11.1 Å². The molecule has 0 fully saturated rings. The van der Waals surface area contributed by atoms with E-state index in [0.717, 1.165) is 22.5 Å². The lowest BCUT2D eigenvalue weighted by atomic mass is 10.1. The Hall–Kier alpha value is -2.13. The molecule has 0 saturated heterocycles. The minimum absolute atomic E-state index is 0.747. The fourth-order valence-electron chi connectivity index (χ4n) is 2.01. The monoisotopic (exact) mass is 294 g/mol. The smallest absolute Gasteiger partial charge is 0.173 e. The normalized spacial score (nSPS) is 13.3. The standard InChI is InChI=1S/C18H22N2Si/c1-21(2,3)20-18(16-12-8-5-9-13-16)14-17(19)15-10-6-4-7-11-15/h4-14H,19H2,1-3H3/b17-14-,20-18-. The van der Waals surface area contributed by atoms with Crippen LogP contribution in [0, 0.1) is 0 Å². The Balaban J connectivity index is 2.45. The number of benzene rings is 2. The molecule has 0 aliphatic heterocycles. The summed E-state index contributed by atoms with van der Waals surface area (Å²) in [6.45, 7) is 6.67. The summed E-state index contributed by atoms with van der Waals surface area (Å²) in [5.41, 5.74) is 10.1. The number of nitrogens with zero attached hydrogens (tertiary/aromatic N) is 1. The molecule has 0 radical (unpaired) electrons. The van der Waals surface area contributed by atoms with E-state index in [1.54, 1.807) is 0 Å². The summed E-state index contributed by atoms with van der Waals surface area (Å²) < 4.78 is 4.94. The summed E-state index contributed by atoms with van der Waals surface area (Å²) in [6, 6.07) is 20.2. The second kappa shape index (κ2) is 6.55. The lowest BCUT2D eigenvalue weighted by Crippen LogP contribution is -2.20. The summed E-state index contributed by atoms with van der Waals surface area (Å²) in [4.78, 5) is 0. The highest BCUT2D eigenvalue weighted by molar-refractivity contribution is 6.75. The highest BCUT2D eigenvalue weighted by Crippen LogP contribution is 2.14. The van der Waals surface area contributed by atoms with Crippen LogP contribution in [0.15, 0.2) is 71.4 Å². The third kappa shape index (κ3) is 4.72. The Labute approximate surface area is 128 Å². The number of hydrogen-bond donors (Lipinski definition) is 1. The van der Waals surface area contributed by atoms with Crippen LogP contribution in [0.5, 0.6) is 0 Å². The van der Waals surface area contributed by atoms with E-state index in [1.807, 2.05) is 54.6 Å². The van der Waals surface area contributed by atoms with Gasteiger partial charge in [-0.15, -0.1) is 0 Å². The van der Waals surface area contributed by atoms with E-state index in [-0.39, 0.29) is 0 Å². The van der Waals surface area contributed by atoms with Gasteiger partial charge in [-0.2, -0.15) is 0 Å². The van der Waals surface area contributed by atoms with Crippen molar-refractivity contribution in [3.63, 3.8) is 0 Å². The molecule has 2 nitrogen and oxygen atoms in total. The molecule has 0 aromatic heterocycles. The van der Waals surface area contributed by atoms with Crippen molar-refractivity contribution in [3.05, 3.63) is 77.9 Å². The first-order valence-corrected chi connectivity index (χ1v) is 10.6. The topological polar surface area (TPSA) is 38.4 Å². The molecule has 0 heterocycles. The number of nitrogens with two attached hydrogens (primary N) is 1. The lowest BCUT2D eigenvalue weighted by Gasteiger charge is -2.13. The summed E-state index contributed by atoms with van der Waals surface area (Å²) in [5, 5.41) is 0. The first kappa shape index (κ1) is 15.3. The van der Waals surface area contributed by atoms with Gasteiger partial charge in [-0.3, -0.25) is 0 Å². The molecule has 2 N–H and O–H groups in total. The minimum Gasteiger partial charge on any atom is -0.398 e. The van der Waals surface area contributed by atoms with Crippen LogP contribution in [0.25, 0.3) is 5.70 Å². The molecule has 0 bridgehead atoms. The third-order valence-corrected chi connectivity index (χ3v) is 3.84. The van der Waals surface area contributed by atoms with Gasteiger partial charge >= 0.3 is 0 Å². The Bertz CT molecular complexity index is 638. The average molecular weight is 294 g/mol. The van der Waals surface area contributed by atoms with E-state index >= 15 is 0 Å². The first-order chi connectivity index (χ1) is 9.96. The zero-order valence-corrected chi connectivity index (χ0v) is 13.9. The van der Waals surface area contributed by atoms with Crippen molar-refractivity contribution in [1.29, 1.82) is 0 Å². The maximum atomic E-state index is 6.25. The van der Waals surface area contributed by atoms with Crippen molar-refractivity contribution in [2.45, 2.75) is 19.6 Å². The fourth-order valence-corrected chi connectivity index (χ4v) is 2.93. The van der Waals surface area contributed by atoms with E-state index in [1.165, 1.54) is 0 Å². The number of allylic oxidation sites excluding steroid dienone is 1. The molecule has 21 heavy (non-hydrogen) atoms. The minimum atomic E-state index is -1.58. The molecule has 0 aliphatic rings. The third-order valence-electron chi connectivity index (χ3n) is 2.92. The van der Waals surface area contributed by atoms with Gasteiger partial charge in [-0.05, 0) is 36.8 Å². The summed E-state index contributed by atoms with van der Waals surface area (Å²) in [7, 11) is -1.58. The molecule has 0 atom stereocenters. The Morgan fingerprint density at radius 2 is 1.33 bits per heavy atom. The van der Waals surface area contributed by atoms with Crippen LogP contribution in [-0.4, -0.2) is 13.9 Å². The van der Waals surface area contributed by atoms with E-state index in [4.69, 9.17) is 10.4 Å². The molecule has 0 aliphatic carbocycles. The maximum Gasteiger partial charge on any atom is 0.173 e. The second-order valence-corrected chi connectivity index (χ2v) is 10.6. The molecule has 0 unspecified atom stereocenters. The summed E-state index contributed by atoms with van der Waals surface area (Å²) in [6.07, 6.45) is 1.99. The van der Waals surface area contributed by atoms with Gasteiger partial charge in [-0.25, -0.2) is 0 Å². The van der Waals surface area contributed by atoms with E-state index in [9.17, 15) is 0 Å². The highest BCUT2D eigenvalue weighted by Gasteiger charge is 2.13. The van der Waals surface area contributed by atoms with Crippen molar-refractivity contribution in [1.82, 2.24) is 0 Å². The van der Waals surface area contributed by atoms with Crippen molar-refractivity contribution >= 4 is 19.6 Å². The molecule has 0 amide bonds. The van der Waals surface area contributed by atoms with Crippen LogP contribution in [0.3, 0.4) is 0 Å². The van der Waals surface area contributed by atoms with Gasteiger partial charge in [0.05, 0.1) is 5.71 Å². The largest absolute Gasteiger partial charge is 0.398 e. The molecule has 2 aromatic carbocycles. The zero-order valence-electron chi connectivity index (χ0n) is 12.9. The lowest BCUT2D eigenvalue weighted by molar-refractivity contribution is 1.50. The Kier molecular flexibility index (Phi) is 4.76. The van der Waals surface area contributed by atoms with Gasteiger partial charge in [0.1, 0.15) is 0 Å². The highest BCUT2D eigenvalue weighted by atomic mass is 28.3. The quantitative estimate of drug-likeness (QED) is 0.662. The molecule has 0 saturated carbocycles. The van der Waals surface area contributed by atoms with Crippen LogP contribution < -0.4 is 5.73 Å². The summed E-state index contributed by atoms with van der Waals surface area (Å²) in [5.74, 6) is 0. The van der Waals surface area contributed by atoms with Gasteiger partial charge in [0.15, 0.2) is 8.24 Å². The van der Waals surface area contributed by atoms with Crippen molar-refractivity contribution in [2.24, 2.45) is 10.4 Å². The molecule has 2 aromatic rings. The maximum absolute atomic E-state index is 6.25. The van der Waals surface area contributed by atoms with Gasteiger partial charge < -0.3 is 10.4 Å². The van der Waals surface area contributed by atoms with Crippen molar-refractivity contribution in [3.8, 4) is 0 Å². The van der Waals surface area contributed by atoms with Crippen LogP contribution in [0.4, 0.5) is 0 Å². The SMILES string of the molecule is C[Si](C)(C)/N=C(/C=C(\N)c1ccccc1)c1ccccc1. The average Bonchev–Trinajstić information content (AvgIpc) is 2.47. The number of hydrogen-bond acceptors (Lipinski definition) is 2. The molecule has 0 spiro atoms. The van der Waals surface area contributed by atoms with E-state index < -0.39 is 8.24 Å². The Morgan fingerprint density at radius 3 is 1.81 bits per heavy atom. The van der Waals surface area contributed by atoms with Crippen molar-refractivity contribution in [2.75, 3.05) is 0 Å². The van der Waals surface area contributed by atoms with Gasteiger partial charge in [-0.1, -0.05) is 60.7 Å². The molecule has 108 valence electrons. The van der Waals surface area contributed by atoms with Gasteiger partial charge in [0.2, 0.25) is 0 Å². The van der Waals surface area contributed by atoms with E-state index in [2.05, 4.69) is 31.8 Å². The van der Waals surface area contributed by atoms with Crippen molar-refractivity contribution < 1.29 is 0 Å². The first-order valence-electron chi connectivity index (χ1n) is 7.13. The van der Waals surface area contributed by atoms with Crippen LogP contribution in [-0.2, 0) is 0 Å². The van der Waals surface area contributed by atoms with Crippen LogP contribution in [0.2, 0.25) is 19.6 Å². The van der Waals surface area contributed by atoms with Gasteiger partial charge in [0.25, 0.3) is 0 Å². The number of rotatable bonds is 4. The van der Waals surface area contributed by atoms with Gasteiger partial charge in [0, 0.05) is 5.70 Å². The predicted octanol–water partition coefficient (Wildman–Crippen LogP) is 4.31. The second-order valence-electron chi connectivity index (χ2n) is 6.00. The van der Waals surface area contributed by atoms with E-state index in [0.29, 0.717) is 0 Å².